The molecule has 78 valence electrons. The molecule has 2 rings (SSSR count). The molecule has 0 unspecified atom stereocenters. The standard InChI is InChI=1S/C11H10O3S/c12-8-4-3-7(6-10(13)14)11(8)9-2-1-5-15-9/h1-2,5H,3-4,6H2,(H,13,14). The molecule has 1 aromatic heterocycles. The maximum atomic E-state index is 11.6. The minimum absolute atomic E-state index is 0.0149. The SMILES string of the molecule is O=C(O)CC1=C(c2cccs2)C(=O)CC1. The average Bonchev–Trinajstić information content (AvgIpc) is 2.74. The Bertz CT molecular complexity index is 429. The van der Waals surface area contributed by atoms with Gasteiger partial charge < -0.3 is 5.11 Å². The molecule has 0 bridgehead atoms. The van der Waals surface area contributed by atoms with Gasteiger partial charge in [0.15, 0.2) is 5.78 Å². The Morgan fingerprint density at radius 3 is 2.87 bits per heavy atom. The molecule has 0 aromatic carbocycles. The van der Waals surface area contributed by atoms with E-state index in [1.807, 2.05) is 17.5 Å². The van der Waals surface area contributed by atoms with Gasteiger partial charge in [-0.15, -0.1) is 11.3 Å². The molecule has 3 nitrogen and oxygen atoms in total. The van der Waals surface area contributed by atoms with E-state index in [4.69, 9.17) is 5.11 Å². The van der Waals surface area contributed by atoms with Crippen molar-refractivity contribution in [2.75, 3.05) is 0 Å². The number of carbonyl (C=O) groups is 2. The van der Waals surface area contributed by atoms with Gasteiger partial charge in [0.05, 0.1) is 6.42 Å². The molecule has 4 heteroatoms. The van der Waals surface area contributed by atoms with Gasteiger partial charge in [0.1, 0.15) is 0 Å². The molecule has 0 atom stereocenters. The van der Waals surface area contributed by atoms with Gasteiger partial charge in [0, 0.05) is 16.9 Å². The molecule has 0 fully saturated rings. The number of rotatable bonds is 3. The number of Topliss-reactive ketones (excluding diaryl/α,β-unsaturated/α-hetero) is 1. The quantitative estimate of drug-likeness (QED) is 0.854. The molecule has 0 amide bonds. The third-order valence-corrected chi connectivity index (χ3v) is 3.31. The van der Waals surface area contributed by atoms with Crippen LogP contribution >= 0.6 is 11.3 Å². The minimum Gasteiger partial charge on any atom is -0.481 e. The van der Waals surface area contributed by atoms with E-state index in [0.717, 1.165) is 10.5 Å². The van der Waals surface area contributed by atoms with E-state index in [2.05, 4.69) is 0 Å². The van der Waals surface area contributed by atoms with Crippen molar-refractivity contribution in [2.24, 2.45) is 0 Å². The number of carboxylic acid groups (broad SMARTS) is 1. The molecule has 0 saturated heterocycles. The second-order valence-electron chi connectivity index (χ2n) is 3.45. The highest BCUT2D eigenvalue weighted by Crippen LogP contribution is 2.34. The summed E-state index contributed by atoms with van der Waals surface area (Å²) >= 11 is 1.48. The van der Waals surface area contributed by atoms with Crippen molar-refractivity contribution in [3.8, 4) is 0 Å². The van der Waals surface area contributed by atoms with E-state index in [-0.39, 0.29) is 12.2 Å². The minimum atomic E-state index is -0.867. The van der Waals surface area contributed by atoms with E-state index < -0.39 is 5.97 Å². The largest absolute Gasteiger partial charge is 0.481 e. The average molecular weight is 222 g/mol. The second kappa shape index (κ2) is 3.98. The summed E-state index contributed by atoms with van der Waals surface area (Å²) in [5.41, 5.74) is 1.42. The summed E-state index contributed by atoms with van der Waals surface area (Å²) in [5, 5.41) is 10.6. The van der Waals surface area contributed by atoms with E-state index in [9.17, 15) is 9.59 Å². The van der Waals surface area contributed by atoms with Gasteiger partial charge in [-0.25, -0.2) is 0 Å². The molecule has 0 saturated carbocycles. The molecule has 1 aliphatic rings. The highest BCUT2D eigenvalue weighted by Gasteiger charge is 2.25. The summed E-state index contributed by atoms with van der Waals surface area (Å²) in [4.78, 5) is 23.2. The van der Waals surface area contributed by atoms with Crippen molar-refractivity contribution < 1.29 is 14.7 Å². The summed E-state index contributed by atoms with van der Waals surface area (Å²) in [6.45, 7) is 0. The highest BCUT2D eigenvalue weighted by atomic mass is 32.1. The van der Waals surface area contributed by atoms with E-state index in [1.54, 1.807) is 0 Å². The lowest BCUT2D eigenvalue weighted by molar-refractivity contribution is -0.136. The maximum absolute atomic E-state index is 11.6. The molecule has 1 aromatic rings. The van der Waals surface area contributed by atoms with E-state index in [0.29, 0.717) is 18.4 Å². The Morgan fingerprint density at radius 2 is 2.27 bits per heavy atom. The van der Waals surface area contributed by atoms with Gasteiger partial charge in [-0.2, -0.15) is 0 Å². The fourth-order valence-electron chi connectivity index (χ4n) is 1.80. The third kappa shape index (κ3) is 1.99. The van der Waals surface area contributed by atoms with Gasteiger partial charge in [-0.3, -0.25) is 9.59 Å². The van der Waals surface area contributed by atoms with Crippen LogP contribution in [0.4, 0.5) is 0 Å². The lowest BCUT2D eigenvalue weighted by Crippen LogP contribution is -1.98. The Kier molecular flexibility index (Phi) is 2.68. The van der Waals surface area contributed by atoms with Crippen LogP contribution in [0.15, 0.2) is 23.1 Å². The van der Waals surface area contributed by atoms with Gasteiger partial charge in [0.25, 0.3) is 0 Å². The predicted octanol–water partition coefficient (Wildman–Crippen LogP) is 2.34. The molecular formula is C11H10O3S. The van der Waals surface area contributed by atoms with E-state index in [1.165, 1.54) is 11.3 Å². The van der Waals surface area contributed by atoms with Crippen molar-refractivity contribution >= 4 is 28.7 Å². The number of thiophene rings is 1. The molecule has 15 heavy (non-hydrogen) atoms. The lowest BCUT2D eigenvalue weighted by Gasteiger charge is -2.00. The zero-order chi connectivity index (χ0) is 10.8. The summed E-state index contributed by atoms with van der Waals surface area (Å²) in [6, 6.07) is 3.74. The first-order valence-corrected chi connectivity index (χ1v) is 5.57. The van der Waals surface area contributed by atoms with Crippen molar-refractivity contribution in [1.29, 1.82) is 0 Å². The van der Waals surface area contributed by atoms with E-state index >= 15 is 0 Å². The Hall–Kier alpha value is -1.42. The smallest absolute Gasteiger partial charge is 0.307 e. The zero-order valence-electron chi connectivity index (χ0n) is 8.03. The van der Waals surface area contributed by atoms with Crippen LogP contribution in [0.5, 0.6) is 0 Å². The van der Waals surface area contributed by atoms with Crippen LogP contribution in [0.25, 0.3) is 5.57 Å². The monoisotopic (exact) mass is 222 g/mol. The summed E-state index contributed by atoms with van der Waals surface area (Å²) < 4.78 is 0. The van der Waals surface area contributed by atoms with Crippen molar-refractivity contribution in [1.82, 2.24) is 0 Å². The molecule has 1 aliphatic carbocycles. The number of carboxylic acids is 1. The predicted molar refractivity (Wildman–Crippen MR) is 57.7 cm³/mol. The van der Waals surface area contributed by atoms with Gasteiger partial charge in [-0.1, -0.05) is 6.07 Å². The Labute approximate surface area is 91.0 Å². The molecule has 0 radical (unpaired) electrons. The zero-order valence-corrected chi connectivity index (χ0v) is 8.84. The fraction of sp³-hybridized carbons (Fsp3) is 0.273. The lowest BCUT2D eigenvalue weighted by atomic mass is 10.1. The molecule has 0 spiro atoms. The van der Waals surface area contributed by atoms with Crippen LogP contribution in [-0.2, 0) is 9.59 Å². The summed E-state index contributed by atoms with van der Waals surface area (Å²) in [7, 11) is 0. The molecule has 0 aliphatic heterocycles. The normalized spacial score (nSPS) is 16.1. The first-order chi connectivity index (χ1) is 7.18. The summed E-state index contributed by atoms with van der Waals surface area (Å²) in [5.74, 6) is -0.789. The van der Waals surface area contributed by atoms with Crippen LogP contribution < -0.4 is 0 Å². The van der Waals surface area contributed by atoms with Gasteiger partial charge in [0.2, 0.25) is 0 Å². The van der Waals surface area contributed by atoms with Gasteiger partial charge >= 0.3 is 5.97 Å². The number of allylic oxidation sites excluding steroid dienone is 1. The number of hydrogen-bond donors (Lipinski definition) is 1. The highest BCUT2D eigenvalue weighted by molar-refractivity contribution is 7.11. The number of ketones is 1. The van der Waals surface area contributed by atoms with Crippen LogP contribution in [-0.4, -0.2) is 16.9 Å². The first-order valence-electron chi connectivity index (χ1n) is 4.69. The first kappa shape index (κ1) is 10.1. The van der Waals surface area contributed by atoms with Gasteiger partial charge in [-0.05, 0) is 23.4 Å². The van der Waals surface area contributed by atoms with Crippen LogP contribution in [0.2, 0.25) is 0 Å². The van der Waals surface area contributed by atoms with Crippen LogP contribution in [0, 0.1) is 0 Å². The van der Waals surface area contributed by atoms with Crippen LogP contribution in [0.3, 0.4) is 0 Å². The topological polar surface area (TPSA) is 54.4 Å². The Balaban J connectivity index is 2.38. The third-order valence-electron chi connectivity index (χ3n) is 2.42. The van der Waals surface area contributed by atoms with Crippen molar-refractivity contribution in [3.63, 3.8) is 0 Å². The molecule has 1 N–H and O–H groups in total. The molecule has 1 heterocycles. The number of carbonyl (C=O) groups excluding carboxylic acids is 1. The maximum Gasteiger partial charge on any atom is 0.307 e. The summed E-state index contributed by atoms with van der Waals surface area (Å²) in [6.07, 6.45) is 1.03. The molecular weight excluding hydrogens is 212 g/mol. The van der Waals surface area contributed by atoms with Crippen molar-refractivity contribution in [3.05, 3.63) is 28.0 Å². The number of hydrogen-bond acceptors (Lipinski definition) is 3. The fourth-order valence-corrected chi connectivity index (χ4v) is 2.64. The second-order valence-corrected chi connectivity index (χ2v) is 4.40. The van der Waals surface area contributed by atoms with Crippen LogP contribution in [0.1, 0.15) is 24.1 Å². The number of aliphatic carboxylic acids is 1. The van der Waals surface area contributed by atoms with Crippen molar-refractivity contribution in [2.45, 2.75) is 19.3 Å². The Morgan fingerprint density at radius 1 is 1.47 bits per heavy atom.